The van der Waals surface area contributed by atoms with Gasteiger partial charge in [0.2, 0.25) is 0 Å². The van der Waals surface area contributed by atoms with Gasteiger partial charge >= 0.3 is 0 Å². The monoisotopic (exact) mass is 175 g/mol. The molecule has 3 nitrogen and oxygen atoms in total. The zero-order chi connectivity index (χ0) is 7.40. The molecule has 0 fully saturated rings. The van der Waals surface area contributed by atoms with E-state index in [0.29, 0.717) is 0 Å². The third-order valence-electron chi connectivity index (χ3n) is 1.22. The van der Waals surface area contributed by atoms with E-state index in [0.717, 1.165) is 12.4 Å². The van der Waals surface area contributed by atoms with E-state index in [9.17, 15) is 0 Å². The van der Waals surface area contributed by atoms with Crippen molar-refractivity contribution in [2.45, 2.75) is 6.54 Å². The van der Waals surface area contributed by atoms with E-state index in [4.69, 9.17) is 0 Å². The summed E-state index contributed by atoms with van der Waals surface area (Å²) >= 11 is 3.93. The van der Waals surface area contributed by atoms with Crippen molar-refractivity contribution < 1.29 is 0 Å². The van der Waals surface area contributed by atoms with Gasteiger partial charge in [-0.1, -0.05) is 11.7 Å². The van der Waals surface area contributed by atoms with Gasteiger partial charge in [0.15, 0.2) is 0 Å². The van der Waals surface area contributed by atoms with Crippen LogP contribution in [0.25, 0.3) is 0 Å². The average molecular weight is 175 g/mol. The van der Waals surface area contributed by atoms with Gasteiger partial charge in [0.1, 0.15) is 5.82 Å². The van der Waals surface area contributed by atoms with Gasteiger partial charge in [-0.2, -0.15) is 0 Å². The second-order valence-electron chi connectivity index (χ2n) is 1.87. The van der Waals surface area contributed by atoms with E-state index in [1.165, 1.54) is 11.0 Å². The topological polar surface area (TPSA) is 29.9 Å². The van der Waals surface area contributed by atoms with Gasteiger partial charge in [0, 0.05) is 19.4 Å². The van der Waals surface area contributed by atoms with Crippen molar-refractivity contribution in [1.29, 1.82) is 0 Å². The molecule has 0 saturated carbocycles. The van der Waals surface area contributed by atoms with Crippen molar-refractivity contribution in [1.82, 2.24) is 14.3 Å². The summed E-state index contributed by atoms with van der Waals surface area (Å²) in [6.45, 7) is 0.748. The fourth-order valence-corrected chi connectivity index (χ4v) is 1.05. The summed E-state index contributed by atoms with van der Waals surface area (Å²) in [4.78, 5) is 4.11. The van der Waals surface area contributed by atoms with Crippen LogP contribution in [0.4, 0.5) is 0 Å². The Morgan fingerprint density at radius 2 is 2.70 bits per heavy atom. The molecule has 0 radical (unpaired) electrons. The summed E-state index contributed by atoms with van der Waals surface area (Å²) < 4.78 is 4.96. The minimum atomic E-state index is 0.748. The van der Waals surface area contributed by atoms with Crippen molar-refractivity contribution in [2.24, 2.45) is 7.05 Å². The molecule has 10 heavy (non-hydrogen) atoms. The van der Waals surface area contributed by atoms with Crippen LogP contribution in [-0.2, 0) is 13.6 Å². The minimum absolute atomic E-state index is 0.748. The van der Waals surface area contributed by atoms with Gasteiger partial charge in [-0.3, -0.25) is 0 Å². The van der Waals surface area contributed by atoms with Gasteiger partial charge in [0.05, 0.1) is 6.54 Å². The number of thiol groups is 1. The van der Waals surface area contributed by atoms with Crippen LogP contribution in [0, 0.1) is 0 Å². The van der Waals surface area contributed by atoms with Crippen molar-refractivity contribution in [3.05, 3.63) is 18.2 Å². The first-order chi connectivity index (χ1) is 4.84. The summed E-state index contributed by atoms with van der Waals surface area (Å²) in [5.74, 6) is 1.02. The molecule has 1 aromatic heterocycles. The lowest BCUT2D eigenvalue weighted by Gasteiger charge is -1.99. The smallest absolute Gasteiger partial charge is 0.123 e. The maximum Gasteiger partial charge on any atom is 0.123 e. The predicted octanol–water partition coefficient (Wildman–Crippen LogP) is 1.00. The second kappa shape index (κ2) is 3.90. The molecule has 56 valence electrons. The fourth-order valence-electron chi connectivity index (χ4n) is 0.664. The van der Waals surface area contributed by atoms with Gasteiger partial charge < -0.3 is 4.57 Å². The number of nitrogens with zero attached hydrogens (tertiary/aromatic N) is 2. The van der Waals surface area contributed by atoms with E-state index in [-0.39, 0.29) is 0 Å². The van der Waals surface area contributed by atoms with Crippen LogP contribution in [0.3, 0.4) is 0 Å². The summed E-state index contributed by atoms with van der Waals surface area (Å²) in [5, 5.41) is 0. The number of rotatable bonds is 3. The first-order valence-corrected chi connectivity index (χ1v) is 4.71. The lowest BCUT2D eigenvalue weighted by Crippen LogP contribution is -2.06. The molecule has 1 N–H and O–H groups in total. The molecule has 0 saturated heterocycles. The van der Waals surface area contributed by atoms with E-state index in [1.54, 1.807) is 6.20 Å². The molecule has 1 heterocycles. The highest BCUT2D eigenvalue weighted by atomic mass is 33.1. The Morgan fingerprint density at radius 3 is 3.20 bits per heavy atom. The Bertz CT molecular complexity index is 199. The molecular weight excluding hydrogens is 166 g/mol. The Kier molecular flexibility index (Phi) is 3.11. The average Bonchev–Trinajstić information content (AvgIpc) is 2.31. The quantitative estimate of drug-likeness (QED) is 0.408. The van der Waals surface area contributed by atoms with E-state index in [2.05, 4.69) is 21.4 Å². The summed E-state index contributed by atoms with van der Waals surface area (Å²) in [7, 11) is 3.27. The summed E-state index contributed by atoms with van der Waals surface area (Å²) in [5.41, 5.74) is 0. The highest BCUT2D eigenvalue weighted by molar-refractivity contribution is 8.67. The van der Waals surface area contributed by atoms with Crippen LogP contribution >= 0.6 is 22.6 Å². The number of imidazole rings is 1. The van der Waals surface area contributed by atoms with Crippen molar-refractivity contribution in [3.63, 3.8) is 0 Å². The number of aryl methyl sites for hydroxylation is 1. The summed E-state index contributed by atoms with van der Waals surface area (Å²) in [6.07, 6.45) is 3.69. The van der Waals surface area contributed by atoms with Gasteiger partial charge in [0.25, 0.3) is 0 Å². The molecule has 0 aromatic carbocycles. The molecule has 0 aliphatic carbocycles. The van der Waals surface area contributed by atoms with Gasteiger partial charge in [-0.05, 0) is 11.0 Å². The van der Waals surface area contributed by atoms with Gasteiger partial charge in [-0.25, -0.2) is 9.71 Å². The Morgan fingerprint density at radius 1 is 1.90 bits per heavy atom. The van der Waals surface area contributed by atoms with Crippen LogP contribution < -0.4 is 4.72 Å². The molecule has 5 heteroatoms. The highest BCUT2D eigenvalue weighted by Gasteiger charge is 1.95. The zero-order valence-electron chi connectivity index (χ0n) is 5.61. The highest BCUT2D eigenvalue weighted by Crippen LogP contribution is 2.00. The molecule has 0 aliphatic heterocycles. The third-order valence-corrected chi connectivity index (χ3v) is 1.88. The largest absolute Gasteiger partial charge is 0.337 e. The Balaban J connectivity index is 2.49. The van der Waals surface area contributed by atoms with Crippen LogP contribution in [0.5, 0.6) is 0 Å². The van der Waals surface area contributed by atoms with Crippen LogP contribution in [0.15, 0.2) is 12.4 Å². The minimum Gasteiger partial charge on any atom is -0.337 e. The molecule has 0 spiro atoms. The molecule has 0 amide bonds. The molecule has 0 aliphatic rings. The molecule has 0 bridgehead atoms. The molecule has 1 rings (SSSR count). The zero-order valence-corrected chi connectivity index (χ0v) is 7.32. The first-order valence-electron chi connectivity index (χ1n) is 2.84. The molecular formula is C5H9N3S2. The standard InChI is InChI=1S/C5H9N3S2/c1-8-3-2-6-5(8)4-7-10-9/h2-3,7,9H,4H2,1H3. The Labute approximate surface area is 69.2 Å². The number of hydrogen-bond acceptors (Lipinski definition) is 4. The Hall–Kier alpha value is -0.130. The fraction of sp³-hybridized carbons (Fsp3) is 0.400. The lowest BCUT2D eigenvalue weighted by molar-refractivity contribution is 0.771. The normalized spacial score (nSPS) is 10.2. The molecule has 1 aromatic rings. The summed E-state index contributed by atoms with van der Waals surface area (Å²) in [6, 6.07) is 0. The second-order valence-corrected chi connectivity index (χ2v) is 2.89. The van der Waals surface area contributed by atoms with Crippen molar-refractivity contribution >= 4 is 22.6 Å². The van der Waals surface area contributed by atoms with Crippen molar-refractivity contribution in [2.75, 3.05) is 0 Å². The van der Waals surface area contributed by atoms with Gasteiger partial charge in [-0.15, -0.1) is 0 Å². The predicted molar refractivity (Wildman–Crippen MR) is 46.6 cm³/mol. The van der Waals surface area contributed by atoms with Crippen LogP contribution in [-0.4, -0.2) is 9.55 Å². The third kappa shape index (κ3) is 1.93. The lowest BCUT2D eigenvalue weighted by atomic mass is 10.6. The van der Waals surface area contributed by atoms with E-state index < -0.39 is 0 Å². The van der Waals surface area contributed by atoms with Crippen molar-refractivity contribution in [3.8, 4) is 0 Å². The number of hydrogen-bond donors (Lipinski definition) is 2. The maximum absolute atomic E-state index is 4.11. The number of aromatic nitrogens is 2. The van der Waals surface area contributed by atoms with Crippen LogP contribution in [0.1, 0.15) is 5.82 Å². The van der Waals surface area contributed by atoms with E-state index in [1.807, 2.05) is 17.8 Å². The maximum atomic E-state index is 4.11. The van der Waals surface area contributed by atoms with E-state index >= 15 is 0 Å². The SMILES string of the molecule is Cn1ccnc1CNSS. The first kappa shape index (κ1) is 7.97. The van der Waals surface area contributed by atoms with Crippen LogP contribution in [0.2, 0.25) is 0 Å². The number of nitrogens with one attached hydrogen (secondary N) is 1. The molecule has 0 atom stereocenters. The molecule has 0 unspecified atom stereocenters.